The molecule has 0 amide bonds. The third-order valence-corrected chi connectivity index (χ3v) is 3.66. The molecule has 0 aromatic carbocycles. The van der Waals surface area contributed by atoms with Crippen molar-refractivity contribution in [2.75, 3.05) is 6.54 Å². The van der Waals surface area contributed by atoms with Gasteiger partial charge in [0.1, 0.15) is 0 Å². The van der Waals surface area contributed by atoms with Crippen LogP contribution in [0.2, 0.25) is 0 Å². The Morgan fingerprint density at radius 2 is 1.73 bits per heavy atom. The Morgan fingerprint density at radius 3 is 2.00 bits per heavy atom. The first-order chi connectivity index (χ1) is 4.94. The molecular weight excluding hydrogens is 138 g/mol. The number of rotatable bonds is 2. The molecule has 0 N–H and O–H groups in total. The molecule has 0 radical (unpaired) electrons. The molecule has 2 nitrogen and oxygen atoms in total. The molecule has 0 unspecified atom stereocenters. The lowest BCUT2D eigenvalue weighted by atomic mass is 10.0. The summed E-state index contributed by atoms with van der Waals surface area (Å²) < 4.78 is 0. The number of nitrogens with zero attached hydrogens (tertiary/aromatic N) is 1. The van der Waals surface area contributed by atoms with Gasteiger partial charge in [0.15, 0.2) is 0 Å². The van der Waals surface area contributed by atoms with Gasteiger partial charge in [-0.1, -0.05) is 27.7 Å². The van der Waals surface area contributed by atoms with Crippen LogP contribution in [0.15, 0.2) is 4.99 Å². The topological polar surface area (TPSA) is 29.4 Å². The van der Waals surface area contributed by atoms with E-state index in [1.54, 1.807) is 6.08 Å². The summed E-state index contributed by atoms with van der Waals surface area (Å²) in [6.07, 6.45) is 1.59. The highest BCUT2D eigenvalue weighted by Crippen LogP contribution is 2.68. The summed E-state index contributed by atoms with van der Waals surface area (Å²) in [6.45, 7) is 9.52. The average molecular weight is 153 g/mol. The smallest absolute Gasteiger partial charge is 0.211 e. The van der Waals surface area contributed by atoms with Gasteiger partial charge in [0.2, 0.25) is 6.08 Å². The zero-order chi connectivity index (χ0) is 8.70. The third kappa shape index (κ3) is 1.02. The molecule has 0 aromatic heterocycles. The van der Waals surface area contributed by atoms with Crippen molar-refractivity contribution in [1.82, 2.24) is 0 Å². The molecule has 0 aliphatic heterocycles. The molecule has 0 bridgehead atoms. The number of hydrogen-bond donors (Lipinski definition) is 0. The quantitative estimate of drug-likeness (QED) is 0.440. The maximum absolute atomic E-state index is 9.87. The highest BCUT2D eigenvalue weighted by atomic mass is 16.1. The van der Waals surface area contributed by atoms with Gasteiger partial charge >= 0.3 is 0 Å². The van der Waals surface area contributed by atoms with Gasteiger partial charge in [0, 0.05) is 0 Å². The van der Waals surface area contributed by atoms with Crippen LogP contribution < -0.4 is 0 Å². The first kappa shape index (κ1) is 8.48. The highest BCUT2D eigenvalue weighted by Gasteiger charge is 2.64. The molecule has 0 atom stereocenters. The van der Waals surface area contributed by atoms with Crippen molar-refractivity contribution in [1.29, 1.82) is 0 Å². The van der Waals surface area contributed by atoms with Crippen LogP contribution in [0.3, 0.4) is 0 Å². The molecule has 62 valence electrons. The number of aliphatic imine (C=N–C) groups is 1. The number of carbonyl (C=O) groups excluding carboxylic acids is 1. The molecular formula is C9H15NO. The van der Waals surface area contributed by atoms with Gasteiger partial charge in [-0.15, -0.1) is 0 Å². The SMILES string of the molecule is CC1(C)C(CN=C=O)C1(C)C. The molecule has 1 saturated carbocycles. The van der Waals surface area contributed by atoms with E-state index in [0.29, 0.717) is 23.3 Å². The van der Waals surface area contributed by atoms with Gasteiger partial charge in [-0.2, -0.15) is 0 Å². The van der Waals surface area contributed by atoms with Crippen LogP contribution in [0.4, 0.5) is 0 Å². The minimum atomic E-state index is 0.341. The van der Waals surface area contributed by atoms with Gasteiger partial charge in [0.05, 0.1) is 6.54 Å². The Labute approximate surface area is 67.7 Å². The molecule has 1 aliphatic carbocycles. The minimum absolute atomic E-state index is 0.341. The fourth-order valence-electron chi connectivity index (χ4n) is 1.92. The van der Waals surface area contributed by atoms with E-state index in [-0.39, 0.29) is 0 Å². The summed E-state index contributed by atoms with van der Waals surface area (Å²) in [5.74, 6) is 0.552. The molecule has 1 fully saturated rings. The maximum Gasteiger partial charge on any atom is 0.234 e. The number of isocyanates is 1. The zero-order valence-electron chi connectivity index (χ0n) is 7.64. The second-order valence-electron chi connectivity index (χ2n) is 4.43. The van der Waals surface area contributed by atoms with Crippen molar-refractivity contribution >= 4 is 6.08 Å². The van der Waals surface area contributed by atoms with E-state index in [2.05, 4.69) is 32.7 Å². The maximum atomic E-state index is 9.87. The van der Waals surface area contributed by atoms with Crippen LogP contribution in [0, 0.1) is 16.7 Å². The van der Waals surface area contributed by atoms with Crippen molar-refractivity contribution in [2.24, 2.45) is 21.7 Å². The minimum Gasteiger partial charge on any atom is -0.211 e. The van der Waals surface area contributed by atoms with E-state index < -0.39 is 0 Å². The molecule has 11 heavy (non-hydrogen) atoms. The Balaban J connectivity index is 2.60. The summed E-state index contributed by atoms with van der Waals surface area (Å²) in [7, 11) is 0. The lowest BCUT2D eigenvalue weighted by Crippen LogP contribution is -1.95. The predicted octanol–water partition coefficient (Wildman–Crippen LogP) is 2.00. The summed E-state index contributed by atoms with van der Waals surface area (Å²) in [5.41, 5.74) is 0.681. The summed E-state index contributed by atoms with van der Waals surface area (Å²) in [5, 5.41) is 0. The molecule has 1 aliphatic rings. The third-order valence-electron chi connectivity index (χ3n) is 3.66. The molecule has 0 saturated heterocycles. The van der Waals surface area contributed by atoms with Gasteiger partial charge < -0.3 is 0 Å². The summed E-state index contributed by atoms with van der Waals surface area (Å²) in [6, 6.07) is 0. The monoisotopic (exact) mass is 153 g/mol. The number of hydrogen-bond acceptors (Lipinski definition) is 2. The van der Waals surface area contributed by atoms with E-state index >= 15 is 0 Å². The van der Waals surface area contributed by atoms with Gasteiger partial charge in [-0.25, -0.2) is 9.79 Å². The van der Waals surface area contributed by atoms with Crippen molar-refractivity contribution < 1.29 is 4.79 Å². The van der Waals surface area contributed by atoms with Crippen molar-refractivity contribution in [3.63, 3.8) is 0 Å². The lowest BCUT2D eigenvalue weighted by molar-refractivity contribution is 0.457. The fraction of sp³-hybridized carbons (Fsp3) is 0.889. The van der Waals surface area contributed by atoms with E-state index in [4.69, 9.17) is 0 Å². The lowest BCUT2D eigenvalue weighted by Gasteiger charge is -2.04. The van der Waals surface area contributed by atoms with E-state index in [0.717, 1.165) is 0 Å². The van der Waals surface area contributed by atoms with Crippen molar-refractivity contribution in [2.45, 2.75) is 27.7 Å². The first-order valence-corrected chi connectivity index (χ1v) is 3.98. The Kier molecular flexibility index (Phi) is 1.68. The second-order valence-corrected chi connectivity index (χ2v) is 4.43. The normalized spacial score (nSPS) is 25.8. The Hall–Kier alpha value is -0.620. The summed E-state index contributed by atoms with van der Waals surface area (Å²) in [4.78, 5) is 13.5. The molecule has 2 heteroatoms. The Morgan fingerprint density at radius 1 is 1.27 bits per heavy atom. The Bertz CT molecular complexity index is 198. The summed E-state index contributed by atoms with van der Waals surface area (Å²) >= 11 is 0. The average Bonchev–Trinajstić information content (AvgIpc) is 2.23. The van der Waals surface area contributed by atoms with E-state index in [1.807, 2.05) is 0 Å². The van der Waals surface area contributed by atoms with Crippen molar-refractivity contribution in [3.8, 4) is 0 Å². The van der Waals surface area contributed by atoms with Crippen LogP contribution >= 0.6 is 0 Å². The largest absolute Gasteiger partial charge is 0.234 e. The van der Waals surface area contributed by atoms with Crippen LogP contribution in [0.5, 0.6) is 0 Å². The van der Waals surface area contributed by atoms with E-state index in [9.17, 15) is 4.79 Å². The highest BCUT2D eigenvalue weighted by molar-refractivity contribution is 5.33. The molecule has 0 heterocycles. The predicted molar refractivity (Wildman–Crippen MR) is 44.0 cm³/mol. The van der Waals surface area contributed by atoms with Gasteiger partial charge in [-0.3, -0.25) is 0 Å². The van der Waals surface area contributed by atoms with Crippen LogP contribution in [0.25, 0.3) is 0 Å². The van der Waals surface area contributed by atoms with Gasteiger partial charge in [-0.05, 0) is 16.7 Å². The van der Waals surface area contributed by atoms with Gasteiger partial charge in [0.25, 0.3) is 0 Å². The first-order valence-electron chi connectivity index (χ1n) is 3.98. The van der Waals surface area contributed by atoms with Crippen LogP contribution in [-0.4, -0.2) is 12.6 Å². The van der Waals surface area contributed by atoms with Crippen molar-refractivity contribution in [3.05, 3.63) is 0 Å². The van der Waals surface area contributed by atoms with E-state index in [1.165, 1.54) is 0 Å². The zero-order valence-corrected chi connectivity index (χ0v) is 7.64. The standard InChI is InChI=1S/C9H15NO/c1-8(2)7(5-10-6-11)9(8,3)4/h7H,5H2,1-4H3. The molecule has 0 aromatic rings. The molecule has 1 rings (SSSR count). The molecule has 0 spiro atoms. The fourth-order valence-corrected chi connectivity index (χ4v) is 1.92. The second kappa shape index (κ2) is 2.18. The van der Waals surface area contributed by atoms with Crippen LogP contribution in [0.1, 0.15) is 27.7 Å². The van der Waals surface area contributed by atoms with Crippen LogP contribution in [-0.2, 0) is 4.79 Å².